The van der Waals surface area contributed by atoms with Gasteiger partial charge in [0.15, 0.2) is 0 Å². The first-order valence-corrected chi connectivity index (χ1v) is 8.23. The van der Waals surface area contributed by atoms with Crippen LogP contribution in [0.1, 0.15) is 10.4 Å². The first-order valence-electron chi connectivity index (χ1n) is 7.86. The second-order valence-electron chi connectivity index (χ2n) is 5.71. The summed E-state index contributed by atoms with van der Waals surface area (Å²) < 4.78 is 107. The van der Waals surface area contributed by atoms with Crippen LogP contribution in [0, 0.1) is 11.6 Å². The summed E-state index contributed by atoms with van der Waals surface area (Å²) in [7, 11) is 0. The number of halogens is 9. The maximum absolute atomic E-state index is 13.5. The van der Waals surface area contributed by atoms with Crippen LogP contribution < -0.4 is 15.4 Å². The van der Waals surface area contributed by atoms with E-state index in [9.17, 15) is 44.7 Å². The second-order valence-corrected chi connectivity index (χ2v) is 6.12. The molecule has 0 radical (unpaired) electrons. The average molecular weight is 477 g/mol. The summed E-state index contributed by atoms with van der Waals surface area (Å²) in [6, 6.07) is 3.11. The second kappa shape index (κ2) is 8.96. The van der Waals surface area contributed by atoms with E-state index in [1.54, 1.807) is 5.32 Å². The Bertz CT molecular complexity index is 980. The summed E-state index contributed by atoms with van der Waals surface area (Å²) >= 11 is 5.69. The third-order valence-corrected chi connectivity index (χ3v) is 3.75. The lowest BCUT2D eigenvalue weighted by Gasteiger charge is -2.23. The molecule has 2 aromatic carbocycles. The number of ether oxygens (including phenoxy) is 1. The van der Waals surface area contributed by atoms with E-state index in [0.717, 1.165) is 24.3 Å². The highest BCUT2D eigenvalue weighted by Crippen LogP contribution is 2.37. The third-order valence-electron chi connectivity index (χ3n) is 3.44. The van der Waals surface area contributed by atoms with Crippen molar-refractivity contribution in [2.75, 3.05) is 5.32 Å². The Morgan fingerprint density at radius 2 is 1.58 bits per heavy atom. The molecule has 1 unspecified atom stereocenters. The molecule has 0 aliphatic carbocycles. The van der Waals surface area contributed by atoms with Crippen molar-refractivity contribution in [2.45, 2.75) is 18.5 Å². The van der Waals surface area contributed by atoms with Gasteiger partial charge >= 0.3 is 18.3 Å². The minimum Gasteiger partial charge on any atom is -0.430 e. The van der Waals surface area contributed by atoms with Gasteiger partial charge in [0, 0.05) is 6.07 Å². The van der Waals surface area contributed by atoms with Gasteiger partial charge in [-0.05, 0) is 24.3 Å². The SMILES string of the molecule is O=C(NC(=O)c1c(F)cccc1F)Nc1ccc(OC(F)(F)C(F)C(F)(F)F)cc1Cl. The molecule has 0 spiro atoms. The van der Waals surface area contributed by atoms with Crippen LogP contribution in [0.3, 0.4) is 0 Å². The normalized spacial score (nSPS) is 12.8. The molecule has 14 heteroatoms. The smallest absolute Gasteiger partial charge is 0.430 e. The quantitative estimate of drug-likeness (QED) is 0.564. The van der Waals surface area contributed by atoms with Crippen LogP contribution in [0.4, 0.5) is 45.6 Å². The number of imide groups is 1. The Morgan fingerprint density at radius 3 is 2.10 bits per heavy atom. The highest BCUT2D eigenvalue weighted by Gasteiger charge is 2.59. The van der Waals surface area contributed by atoms with Gasteiger partial charge in [-0.25, -0.2) is 18.0 Å². The molecule has 2 aromatic rings. The number of anilines is 1. The van der Waals surface area contributed by atoms with Gasteiger partial charge in [0.25, 0.3) is 12.1 Å². The fraction of sp³-hybridized carbons (Fsp3) is 0.176. The summed E-state index contributed by atoms with van der Waals surface area (Å²) in [6.45, 7) is 0. The van der Waals surface area contributed by atoms with Crippen LogP contribution in [0.5, 0.6) is 5.75 Å². The maximum Gasteiger partial charge on any atom is 0.439 e. The van der Waals surface area contributed by atoms with E-state index >= 15 is 0 Å². The Morgan fingerprint density at radius 1 is 1.00 bits per heavy atom. The van der Waals surface area contributed by atoms with Crippen LogP contribution in [0.25, 0.3) is 0 Å². The molecule has 0 aromatic heterocycles. The van der Waals surface area contributed by atoms with Gasteiger partial charge in [0.1, 0.15) is 22.9 Å². The van der Waals surface area contributed by atoms with Gasteiger partial charge in [-0.1, -0.05) is 17.7 Å². The fourth-order valence-corrected chi connectivity index (χ4v) is 2.31. The zero-order chi connectivity index (χ0) is 23.6. The van der Waals surface area contributed by atoms with Gasteiger partial charge in [-0.2, -0.15) is 22.0 Å². The molecule has 31 heavy (non-hydrogen) atoms. The molecule has 3 amide bonds. The lowest BCUT2D eigenvalue weighted by molar-refractivity contribution is -0.304. The van der Waals surface area contributed by atoms with Crippen LogP contribution in [0.15, 0.2) is 36.4 Å². The summed E-state index contributed by atoms with van der Waals surface area (Å²) in [6.07, 6.45) is -15.8. The summed E-state index contributed by atoms with van der Waals surface area (Å²) in [5, 5.41) is 2.97. The Labute approximate surface area is 172 Å². The molecule has 0 saturated carbocycles. The predicted molar refractivity (Wildman–Crippen MR) is 90.8 cm³/mol. The molecule has 1 atom stereocenters. The van der Waals surface area contributed by atoms with E-state index < -0.39 is 58.4 Å². The van der Waals surface area contributed by atoms with Gasteiger partial charge in [-0.3, -0.25) is 10.1 Å². The number of hydrogen-bond donors (Lipinski definition) is 2. The minimum atomic E-state index is -5.89. The molecule has 2 rings (SSSR count). The van der Waals surface area contributed by atoms with Crippen molar-refractivity contribution in [3.05, 3.63) is 58.6 Å². The molecular formula is C17H9ClF8N2O3. The van der Waals surface area contributed by atoms with E-state index in [0.29, 0.717) is 12.1 Å². The van der Waals surface area contributed by atoms with Crippen LogP contribution in [-0.4, -0.2) is 30.4 Å². The number of alkyl halides is 6. The fourth-order valence-electron chi connectivity index (χ4n) is 2.09. The lowest BCUT2D eigenvalue weighted by Crippen LogP contribution is -2.45. The van der Waals surface area contributed by atoms with Gasteiger partial charge < -0.3 is 10.1 Å². The highest BCUT2D eigenvalue weighted by atomic mass is 35.5. The summed E-state index contributed by atoms with van der Waals surface area (Å²) in [4.78, 5) is 23.6. The minimum absolute atomic E-state index is 0.357. The van der Waals surface area contributed by atoms with E-state index in [4.69, 9.17) is 11.6 Å². The molecule has 0 aliphatic rings. The number of carbonyl (C=O) groups is 2. The Kier molecular flexibility index (Phi) is 6.99. The van der Waals surface area contributed by atoms with Gasteiger partial charge in [-0.15, -0.1) is 0 Å². The first-order chi connectivity index (χ1) is 14.2. The number of benzene rings is 2. The number of hydrogen-bond acceptors (Lipinski definition) is 3. The zero-order valence-corrected chi connectivity index (χ0v) is 15.4. The number of amides is 3. The van der Waals surface area contributed by atoms with Gasteiger partial charge in [0.05, 0.1) is 10.7 Å². The number of nitrogens with one attached hydrogen (secondary N) is 2. The molecule has 5 nitrogen and oxygen atoms in total. The molecule has 0 saturated heterocycles. The number of urea groups is 1. The first kappa shape index (κ1) is 24.2. The van der Waals surface area contributed by atoms with Crippen LogP contribution in [0.2, 0.25) is 5.02 Å². The Hall–Kier alpha value is -3.09. The van der Waals surface area contributed by atoms with E-state index in [-0.39, 0.29) is 5.69 Å². The molecule has 168 valence electrons. The molecule has 0 bridgehead atoms. The maximum atomic E-state index is 13.5. The number of rotatable bonds is 5. The van der Waals surface area contributed by atoms with E-state index in [1.807, 2.05) is 5.32 Å². The summed E-state index contributed by atoms with van der Waals surface area (Å²) in [5.74, 6) is -4.94. The lowest BCUT2D eigenvalue weighted by atomic mass is 10.2. The topological polar surface area (TPSA) is 67.4 Å². The number of carbonyl (C=O) groups excluding carboxylic acids is 2. The van der Waals surface area contributed by atoms with E-state index in [1.165, 1.54) is 0 Å². The Balaban J connectivity index is 2.08. The van der Waals surface area contributed by atoms with Gasteiger partial charge in [0.2, 0.25) is 0 Å². The largest absolute Gasteiger partial charge is 0.439 e. The van der Waals surface area contributed by atoms with E-state index in [2.05, 4.69) is 4.74 Å². The van der Waals surface area contributed by atoms with Crippen molar-refractivity contribution in [2.24, 2.45) is 0 Å². The standard InChI is InChI=1S/C17H9ClF8N2O3/c18-8-6-7(31-17(25,26)14(21)16(22,23)24)4-5-11(8)27-15(30)28-13(29)12-9(19)2-1-3-10(12)20/h1-6,14H,(H2,27,28,29,30). The molecule has 0 fully saturated rings. The summed E-state index contributed by atoms with van der Waals surface area (Å²) in [5.41, 5.74) is -1.41. The predicted octanol–water partition coefficient (Wildman–Crippen LogP) is 5.45. The molecule has 2 N–H and O–H groups in total. The highest BCUT2D eigenvalue weighted by molar-refractivity contribution is 6.34. The third kappa shape index (κ3) is 5.96. The van der Waals surface area contributed by atoms with Crippen molar-refractivity contribution in [3.8, 4) is 5.75 Å². The average Bonchev–Trinajstić information content (AvgIpc) is 2.62. The molecule has 0 aliphatic heterocycles. The van der Waals surface area contributed by atoms with Crippen molar-refractivity contribution >= 4 is 29.2 Å². The zero-order valence-electron chi connectivity index (χ0n) is 14.7. The van der Waals surface area contributed by atoms with Crippen molar-refractivity contribution in [3.63, 3.8) is 0 Å². The molecule has 0 heterocycles. The van der Waals surface area contributed by atoms with Crippen molar-refractivity contribution in [1.82, 2.24) is 5.32 Å². The van der Waals surface area contributed by atoms with Crippen molar-refractivity contribution in [1.29, 1.82) is 0 Å². The van der Waals surface area contributed by atoms with Crippen LogP contribution >= 0.6 is 11.6 Å². The van der Waals surface area contributed by atoms with Crippen LogP contribution in [-0.2, 0) is 0 Å². The van der Waals surface area contributed by atoms with Crippen molar-refractivity contribution < 1.29 is 49.4 Å². The monoisotopic (exact) mass is 476 g/mol. The molecular weight excluding hydrogens is 468 g/mol.